The number of guanidine groups is 1. The summed E-state index contributed by atoms with van der Waals surface area (Å²) >= 11 is 0. The van der Waals surface area contributed by atoms with Crippen molar-refractivity contribution in [3.8, 4) is 6.07 Å². The van der Waals surface area contributed by atoms with Crippen LogP contribution in [-0.4, -0.2) is 12.5 Å². The number of aliphatic imine (C=N–C) groups is 1. The van der Waals surface area contributed by atoms with Gasteiger partial charge in [-0.05, 0) is 0 Å². The molecule has 0 aliphatic heterocycles. The van der Waals surface area contributed by atoms with Gasteiger partial charge in [-0.3, -0.25) is 5.43 Å². The molecular formula is C3H7N5. The molecule has 0 saturated heterocycles. The third-order valence-electron chi connectivity index (χ3n) is 0.468. The van der Waals surface area contributed by atoms with E-state index < -0.39 is 0 Å². The third kappa shape index (κ3) is 2.93. The van der Waals surface area contributed by atoms with Crippen molar-refractivity contribution in [2.45, 2.75) is 0 Å². The van der Waals surface area contributed by atoms with E-state index in [2.05, 4.69) is 10.4 Å². The van der Waals surface area contributed by atoms with Crippen LogP contribution in [0.15, 0.2) is 4.99 Å². The predicted molar refractivity (Wildman–Crippen MR) is 29.4 cm³/mol. The van der Waals surface area contributed by atoms with E-state index in [0.29, 0.717) is 0 Å². The largest absolute Gasteiger partial charge is 0.369 e. The first-order valence-corrected chi connectivity index (χ1v) is 1.94. The van der Waals surface area contributed by atoms with E-state index >= 15 is 0 Å². The summed E-state index contributed by atoms with van der Waals surface area (Å²) in [5.74, 6) is 4.87. The van der Waals surface area contributed by atoms with Crippen molar-refractivity contribution in [2.24, 2.45) is 16.6 Å². The van der Waals surface area contributed by atoms with Gasteiger partial charge in [-0.1, -0.05) is 0 Å². The number of hydrogen-bond donors (Lipinski definition) is 3. The van der Waals surface area contributed by atoms with E-state index in [1.165, 1.54) is 0 Å². The van der Waals surface area contributed by atoms with E-state index in [1.807, 2.05) is 0 Å². The zero-order valence-corrected chi connectivity index (χ0v) is 4.26. The van der Waals surface area contributed by atoms with Gasteiger partial charge in [0.1, 0.15) is 6.54 Å². The monoisotopic (exact) mass is 113 g/mol. The van der Waals surface area contributed by atoms with E-state index in [0.717, 1.165) is 0 Å². The molecule has 0 unspecified atom stereocenters. The Hall–Kier alpha value is -1.28. The second-order valence-electron chi connectivity index (χ2n) is 1.00. The van der Waals surface area contributed by atoms with Gasteiger partial charge in [0.15, 0.2) is 0 Å². The summed E-state index contributed by atoms with van der Waals surface area (Å²) < 4.78 is 0. The second-order valence-corrected chi connectivity index (χ2v) is 1.00. The lowest BCUT2D eigenvalue weighted by atomic mass is 10.7. The van der Waals surface area contributed by atoms with Gasteiger partial charge in [-0.25, -0.2) is 10.8 Å². The number of hydrazine groups is 1. The van der Waals surface area contributed by atoms with Crippen LogP contribution >= 0.6 is 0 Å². The summed E-state index contributed by atoms with van der Waals surface area (Å²) in [6.45, 7) is 0.0377. The van der Waals surface area contributed by atoms with Crippen molar-refractivity contribution in [3.05, 3.63) is 0 Å². The molecule has 5 heteroatoms. The molecule has 0 aromatic heterocycles. The van der Waals surface area contributed by atoms with E-state index in [1.54, 1.807) is 6.07 Å². The zero-order chi connectivity index (χ0) is 6.41. The highest BCUT2D eigenvalue weighted by atomic mass is 15.3. The molecule has 0 aliphatic carbocycles. The van der Waals surface area contributed by atoms with Gasteiger partial charge in [0, 0.05) is 0 Å². The molecule has 5 N–H and O–H groups in total. The minimum absolute atomic E-state index is 0.0377. The molecule has 0 rings (SSSR count). The first kappa shape index (κ1) is 6.72. The van der Waals surface area contributed by atoms with Crippen LogP contribution in [0.4, 0.5) is 0 Å². The van der Waals surface area contributed by atoms with Crippen LogP contribution < -0.4 is 17.0 Å². The Bertz CT molecular complexity index is 120. The van der Waals surface area contributed by atoms with Gasteiger partial charge < -0.3 is 5.73 Å². The molecule has 0 heterocycles. The number of nitrogens with two attached hydrogens (primary N) is 2. The lowest BCUT2D eigenvalue weighted by molar-refractivity contribution is 0.990. The first-order chi connectivity index (χ1) is 3.81. The van der Waals surface area contributed by atoms with Crippen molar-refractivity contribution in [1.82, 2.24) is 5.43 Å². The lowest BCUT2D eigenvalue weighted by Gasteiger charge is -1.92. The molecule has 0 aromatic rings. The number of nitrogens with zero attached hydrogens (tertiary/aromatic N) is 2. The average Bonchev–Trinajstić information content (AvgIpc) is 1.83. The van der Waals surface area contributed by atoms with Crippen LogP contribution in [0.2, 0.25) is 0 Å². The number of rotatable bonds is 1. The molecule has 0 aromatic carbocycles. The lowest BCUT2D eigenvalue weighted by Crippen LogP contribution is -2.37. The molecule has 0 amide bonds. The molecule has 0 atom stereocenters. The molecule has 0 fully saturated rings. The van der Waals surface area contributed by atoms with Gasteiger partial charge in [-0.15, -0.1) is 0 Å². The standard InChI is InChI=1S/C3H7N5/c4-1-2-7-3(5)8-6/h2,6H2,(H3,5,7,8). The summed E-state index contributed by atoms with van der Waals surface area (Å²) in [4.78, 5) is 3.46. The summed E-state index contributed by atoms with van der Waals surface area (Å²) in [5, 5.41) is 7.93. The predicted octanol–water partition coefficient (Wildman–Crippen LogP) is -1.71. The first-order valence-electron chi connectivity index (χ1n) is 1.94. The van der Waals surface area contributed by atoms with E-state index in [9.17, 15) is 0 Å². The topological polar surface area (TPSA) is 100 Å². The van der Waals surface area contributed by atoms with Crippen molar-refractivity contribution in [3.63, 3.8) is 0 Å². The van der Waals surface area contributed by atoms with Crippen LogP contribution in [0.5, 0.6) is 0 Å². The molecule has 0 bridgehead atoms. The average molecular weight is 113 g/mol. The molecule has 8 heavy (non-hydrogen) atoms. The van der Waals surface area contributed by atoms with Crippen molar-refractivity contribution in [1.29, 1.82) is 5.26 Å². The van der Waals surface area contributed by atoms with Crippen molar-refractivity contribution in [2.75, 3.05) is 6.54 Å². The Balaban J connectivity index is 3.45. The highest BCUT2D eigenvalue weighted by Gasteiger charge is 1.79. The van der Waals surface area contributed by atoms with Crippen molar-refractivity contribution < 1.29 is 0 Å². The molecule has 0 spiro atoms. The number of nitriles is 1. The SMILES string of the molecule is N#CCN=C(N)NN. The quantitative estimate of drug-likeness (QED) is 0.124. The van der Waals surface area contributed by atoms with Crippen LogP contribution in [-0.2, 0) is 0 Å². The van der Waals surface area contributed by atoms with Crippen molar-refractivity contribution >= 4 is 5.96 Å². The molecule has 0 radical (unpaired) electrons. The maximum Gasteiger partial charge on any atom is 0.204 e. The fourth-order valence-corrected chi connectivity index (χ4v) is 0.166. The summed E-state index contributed by atoms with van der Waals surface area (Å²) in [7, 11) is 0. The minimum atomic E-state index is 0.0377. The Kier molecular flexibility index (Phi) is 3.27. The van der Waals surface area contributed by atoms with Crippen LogP contribution in [0.25, 0.3) is 0 Å². The minimum Gasteiger partial charge on any atom is -0.369 e. The molecule has 0 saturated carbocycles. The van der Waals surface area contributed by atoms with Gasteiger partial charge in [0.2, 0.25) is 5.96 Å². The molecule has 5 nitrogen and oxygen atoms in total. The van der Waals surface area contributed by atoms with E-state index in [-0.39, 0.29) is 12.5 Å². The fraction of sp³-hybridized carbons (Fsp3) is 0.333. The maximum atomic E-state index is 7.93. The smallest absolute Gasteiger partial charge is 0.204 e. The summed E-state index contributed by atoms with van der Waals surface area (Å²) in [5.41, 5.74) is 7.10. The number of nitrogens with one attached hydrogen (secondary N) is 1. The van der Waals surface area contributed by atoms with Gasteiger partial charge in [0.25, 0.3) is 0 Å². The molecule has 0 aliphatic rings. The normalized spacial score (nSPS) is 10.2. The van der Waals surface area contributed by atoms with Crippen LogP contribution in [0, 0.1) is 11.3 Å². The van der Waals surface area contributed by atoms with Gasteiger partial charge in [-0.2, -0.15) is 5.26 Å². The van der Waals surface area contributed by atoms with Gasteiger partial charge >= 0.3 is 0 Å². The maximum absolute atomic E-state index is 7.93. The van der Waals surface area contributed by atoms with E-state index in [4.69, 9.17) is 16.8 Å². The summed E-state index contributed by atoms with van der Waals surface area (Å²) in [6, 6.07) is 1.77. The van der Waals surface area contributed by atoms with Crippen LogP contribution in [0.3, 0.4) is 0 Å². The Morgan fingerprint density at radius 1 is 1.88 bits per heavy atom. The molecular weight excluding hydrogens is 106 g/mol. The molecule has 44 valence electrons. The Morgan fingerprint density at radius 3 is 2.88 bits per heavy atom. The van der Waals surface area contributed by atoms with Crippen LogP contribution in [0.1, 0.15) is 0 Å². The second kappa shape index (κ2) is 3.89. The zero-order valence-electron chi connectivity index (χ0n) is 4.26. The highest BCUT2D eigenvalue weighted by Crippen LogP contribution is 1.61. The number of hydrogen-bond acceptors (Lipinski definition) is 3. The highest BCUT2D eigenvalue weighted by molar-refractivity contribution is 5.77. The third-order valence-corrected chi connectivity index (χ3v) is 0.468. The Morgan fingerprint density at radius 2 is 2.50 bits per heavy atom. The fourth-order valence-electron chi connectivity index (χ4n) is 0.166. The summed E-state index contributed by atoms with van der Waals surface area (Å²) in [6.07, 6.45) is 0. The van der Waals surface area contributed by atoms with Gasteiger partial charge in [0.05, 0.1) is 6.07 Å². The Labute approximate surface area is 47.0 Å².